The molecule has 4 nitrogen and oxygen atoms in total. The summed E-state index contributed by atoms with van der Waals surface area (Å²) in [5, 5.41) is 4.68. The lowest BCUT2D eigenvalue weighted by Gasteiger charge is -2.12. The molecule has 0 unspecified atom stereocenters. The van der Waals surface area contributed by atoms with Gasteiger partial charge in [0.2, 0.25) is 0 Å². The van der Waals surface area contributed by atoms with Crippen molar-refractivity contribution in [3.63, 3.8) is 0 Å². The lowest BCUT2D eigenvalue weighted by Crippen LogP contribution is -2.20. The Morgan fingerprint density at radius 1 is 1.20 bits per heavy atom. The largest absolute Gasteiger partial charge is 0.411 e. The number of fused-ring (bicyclic) bond motifs is 1. The van der Waals surface area contributed by atoms with Crippen LogP contribution in [0.3, 0.4) is 0 Å². The predicted octanol–water partition coefficient (Wildman–Crippen LogP) is 2.81. The highest BCUT2D eigenvalue weighted by Crippen LogP contribution is 2.27. The minimum absolute atomic E-state index is 0.0361. The lowest BCUT2D eigenvalue weighted by molar-refractivity contribution is -0.172. The van der Waals surface area contributed by atoms with Gasteiger partial charge in [0.05, 0.1) is 6.61 Å². The first-order valence-corrected chi connectivity index (χ1v) is 5.98. The number of hydrogen-bond acceptors (Lipinski definition) is 4. The second-order valence-corrected chi connectivity index (χ2v) is 4.22. The minimum atomic E-state index is -4.29. The number of nitrogens with one attached hydrogen (secondary N) is 1. The number of nitrogens with zero attached hydrogens (tertiary/aromatic N) is 1. The Kier molecular flexibility index (Phi) is 4.29. The molecule has 0 spiro atoms. The molecule has 1 aromatic carbocycles. The van der Waals surface area contributed by atoms with E-state index < -0.39 is 12.8 Å². The summed E-state index contributed by atoms with van der Waals surface area (Å²) in [7, 11) is 0. The highest BCUT2D eigenvalue weighted by molar-refractivity contribution is 6.00. The zero-order valence-corrected chi connectivity index (χ0v) is 10.6. The Morgan fingerprint density at radius 2 is 2.00 bits per heavy atom. The van der Waals surface area contributed by atoms with Gasteiger partial charge in [-0.1, -0.05) is 0 Å². The molecule has 0 amide bonds. The van der Waals surface area contributed by atoms with Crippen LogP contribution in [0.5, 0.6) is 0 Å². The molecule has 7 heteroatoms. The Morgan fingerprint density at radius 3 is 2.75 bits per heavy atom. The molecule has 0 saturated heterocycles. The van der Waals surface area contributed by atoms with Crippen molar-refractivity contribution in [2.45, 2.75) is 6.18 Å². The summed E-state index contributed by atoms with van der Waals surface area (Å²) in [6, 6.07) is 5.29. The monoisotopic (exact) mass is 285 g/mol. The number of nitrogens with two attached hydrogens (primary N) is 1. The van der Waals surface area contributed by atoms with E-state index in [1.54, 1.807) is 30.6 Å². The third-order valence-corrected chi connectivity index (χ3v) is 2.68. The van der Waals surface area contributed by atoms with Crippen LogP contribution >= 0.6 is 0 Å². The van der Waals surface area contributed by atoms with Crippen LogP contribution in [0.15, 0.2) is 30.6 Å². The zero-order valence-electron chi connectivity index (χ0n) is 10.6. The number of nitrogen functional groups attached to an aromatic ring is 1. The molecule has 108 valence electrons. The first-order chi connectivity index (χ1) is 9.47. The molecule has 0 atom stereocenters. The van der Waals surface area contributed by atoms with Gasteiger partial charge in [0.1, 0.15) is 6.61 Å². The highest BCUT2D eigenvalue weighted by atomic mass is 19.4. The van der Waals surface area contributed by atoms with Crippen LogP contribution in [-0.2, 0) is 4.74 Å². The van der Waals surface area contributed by atoms with Gasteiger partial charge < -0.3 is 15.8 Å². The molecular weight excluding hydrogens is 271 g/mol. The van der Waals surface area contributed by atoms with Crippen molar-refractivity contribution in [3.8, 4) is 0 Å². The van der Waals surface area contributed by atoms with Crippen molar-refractivity contribution in [2.75, 3.05) is 30.8 Å². The van der Waals surface area contributed by atoms with Gasteiger partial charge in [-0.15, -0.1) is 0 Å². The Balaban J connectivity index is 1.95. The molecule has 0 bridgehead atoms. The minimum Gasteiger partial charge on any atom is -0.398 e. The first kappa shape index (κ1) is 14.4. The number of ether oxygens (including phenoxy) is 1. The number of aromatic nitrogens is 1. The molecule has 0 radical (unpaired) electrons. The van der Waals surface area contributed by atoms with E-state index in [1.807, 2.05) is 0 Å². The zero-order chi connectivity index (χ0) is 14.6. The smallest absolute Gasteiger partial charge is 0.398 e. The number of halogens is 3. The van der Waals surface area contributed by atoms with Gasteiger partial charge in [-0.3, -0.25) is 4.98 Å². The number of pyridine rings is 1. The highest BCUT2D eigenvalue weighted by Gasteiger charge is 2.27. The van der Waals surface area contributed by atoms with E-state index in [1.165, 1.54) is 0 Å². The summed E-state index contributed by atoms with van der Waals surface area (Å²) in [4.78, 5) is 4.02. The lowest BCUT2D eigenvalue weighted by atomic mass is 10.1. The third-order valence-electron chi connectivity index (χ3n) is 2.68. The van der Waals surface area contributed by atoms with Gasteiger partial charge in [0, 0.05) is 41.1 Å². The molecule has 20 heavy (non-hydrogen) atoms. The molecular formula is C13H14F3N3O. The van der Waals surface area contributed by atoms with Crippen molar-refractivity contribution < 1.29 is 17.9 Å². The maximum atomic E-state index is 11.9. The van der Waals surface area contributed by atoms with Crippen LogP contribution in [0.1, 0.15) is 0 Å². The maximum Gasteiger partial charge on any atom is 0.411 e. The topological polar surface area (TPSA) is 60.2 Å². The van der Waals surface area contributed by atoms with Crippen LogP contribution in [0.25, 0.3) is 10.8 Å². The average molecular weight is 285 g/mol. The van der Waals surface area contributed by atoms with Gasteiger partial charge in [0.25, 0.3) is 0 Å². The Labute approximate surface area is 113 Å². The fraction of sp³-hybridized carbons (Fsp3) is 0.308. The number of anilines is 2. The fourth-order valence-corrected chi connectivity index (χ4v) is 1.81. The van der Waals surface area contributed by atoms with E-state index >= 15 is 0 Å². The molecule has 3 N–H and O–H groups in total. The van der Waals surface area contributed by atoms with Gasteiger partial charge in [0.15, 0.2) is 0 Å². The van der Waals surface area contributed by atoms with E-state index in [4.69, 9.17) is 5.73 Å². The van der Waals surface area contributed by atoms with Crippen LogP contribution < -0.4 is 11.1 Å². The van der Waals surface area contributed by atoms with Gasteiger partial charge in [-0.2, -0.15) is 13.2 Å². The quantitative estimate of drug-likeness (QED) is 0.655. The van der Waals surface area contributed by atoms with Crippen LogP contribution in [0.4, 0.5) is 24.5 Å². The van der Waals surface area contributed by atoms with Crippen molar-refractivity contribution in [1.82, 2.24) is 4.98 Å². The average Bonchev–Trinajstić information content (AvgIpc) is 2.40. The Bertz CT molecular complexity index is 587. The van der Waals surface area contributed by atoms with Gasteiger partial charge in [-0.05, 0) is 18.2 Å². The van der Waals surface area contributed by atoms with Crippen molar-refractivity contribution in [2.24, 2.45) is 0 Å². The van der Waals surface area contributed by atoms with Gasteiger partial charge >= 0.3 is 6.18 Å². The molecule has 0 aliphatic heterocycles. The van der Waals surface area contributed by atoms with Gasteiger partial charge in [-0.25, -0.2) is 0 Å². The molecule has 0 fully saturated rings. The van der Waals surface area contributed by atoms with Crippen LogP contribution in [-0.4, -0.2) is 30.9 Å². The molecule has 2 rings (SSSR count). The first-order valence-electron chi connectivity index (χ1n) is 5.98. The van der Waals surface area contributed by atoms with E-state index in [9.17, 15) is 13.2 Å². The fourth-order valence-electron chi connectivity index (χ4n) is 1.81. The summed E-state index contributed by atoms with van der Waals surface area (Å²) in [5.74, 6) is 0. The normalized spacial score (nSPS) is 11.8. The second-order valence-electron chi connectivity index (χ2n) is 4.22. The number of rotatable bonds is 5. The van der Waals surface area contributed by atoms with Crippen LogP contribution in [0, 0.1) is 0 Å². The number of alkyl halides is 3. The van der Waals surface area contributed by atoms with E-state index in [-0.39, 0.29) is 13.2 Å². The van der Waals surface area contributed by atoms with E-state index in [0.717, 1.165) is 16.5 Å². The standard InChI is InChI=1S/C13H14F3N3O/c14-13(15,16)8-20-6-5-19-12-2-1-11(17)9-3-4-18-7-10(9)12/h1-4,7,19H,5-6,8,17H2. The molecule has 2 aromatic rings. The molecule has 0 aliphatic rings. The van der Waals surface area contributed by atoms with E-state index in [2.05, 4.69) is 15.0 Å². The van der Waals surface area contributed by atoms with E-state index in [0.29, 0.717) is 5.69 Å². The predicted molar refractivity (Wildman–Crippen MR) is 71.5 cm³/mol. The number of hydrogen-bond donors (Lipinski definition) is 2. The van der Waals surface area contributed by atoms with Crippen molar-refractivity contribution >= 4 is 22.1 Å². The molecule has 0 saturated carbocycles. The number of benzene rings is 1. The summed E-state index contributed by atoms with van der Waals surface area (Å²) in [6.07, 6.45) is -1.00. The molecule has 1 aromatic heterocycles. The molecule has 1 heterocycles. The summed E-state index contributed by atoms with van der Waals surface area (Å²) >= 11 is 0. The van der Waals surface area contributed by atoms with Crippen LogP contribution in [0.2, 0.25) is 0 Å². The second kappa shape index (κ2) is 5.96. The Hall–Kier alpha value is -2.02. The summed E-state index contributed by atoms with van der Waals surface area (Å²) in [6.45, 7) is -1.01. The molecule has 0 aliphatic carbocycles. The summed E-state index contributed by atoms with van der Waals surface area (Å²) in [5.41, 5.74) is 7.23. The third kappa shape index (κ3) is 3.74. The summed E-state index contributed by atoms with van der Waals surface area (Å²) < 4.78 is 40.2. The maximum absolute atomic E-state index is 11.9. The SMILES string of the molecule is Nc1ccc(NCCOCC(F)(F)F)c2cnccc12. The van der Waals surface area contributed by atoms with Crippen molar-refractivity contribution in [3.05, 3.63) is 30.6 Å². The van der Waals surface area contributed by atoms with Crippen molar-refractivity contribution in [1.29, 1.82) is 0 Å².